The Morgan fingerprint density at radius 2 is 2.05 bits per heavy atom. The first-order valence-electron chi connectivity index (χ1n) is 5.70. The van der Waals surface area contributed by atoms with Crippen LogP contribution in [0, 0.1) is 0 Å². The molecule has 0 fully saturated rings. The van der Waals surface area contributed by atoms with Gasteiger partial charge in [0.05, 0.1) is 12.0 Å². The molecule has 0 radical (unpaired) electrons. The van der Waals surface area contributed by atoms with Crippen molar-refractivity contribution in [2.45, 2.75) is 24.3 Å². The number of amides is 1. The van der Waals surface area contributed by atoms with Crippen molar-refractivity contribution in [3.63, 3.8) is 0 Å². The highest BCUT2D eigenvalue weighted by atomic mass is 35.5. The molecule has 6 nitrogen and oxygen atoms in total. The van der Waals surface area contributed by atoms with Crippen LogP contribution in [-0.2, 0) is 30.8 Å². The van der Waals surface area contributed by atoms with Gasteiger partial charge in [-0.05, 0) is 23.8 Å². The zero-order valence-corrected chi connectivity index (χ0v) is 12.4. The minimum atomic E-state index is -4.08. The summed E-state index contributed by atoms with van der Waals surface area (Å²) in [5.41, 5.74) is 0.394. The lowest BCUT2D eigenvalue weighted by Crippen LogP contribution is -2.52. The average Bonchev–Trinajstić information content (AvgIpc) is 2.35. The molecule has 0 spiro atoms. The Labute approximate surface area is 121 Å². The van der Waals surface area contributed by atoms with Crippen molar-refractivity contribution >= 4 is 33.5 Å². The number of rotatable bonds is 1. The highest BCUT2D eigenvalue weighted by molar-refractivity contribution is 7.89. The molecule has 1 aliphatic heterocycles. The van der Waals surface area contributed by atoms with Crippen molar-refractivity contribution in [1.82, 2.24) is 4.31 Å². The number of sulfonamides is 1. The molecule has 0 N–H and O–H groups in total. The van der Waals surface area contributed by atoms with Gasteiger partial charge in [0, 0.05) is 18.4 Å². The molecule has 1 aromatic carbocycles. The molecule has 1 aliphatic rings. The second-order valence-corrected chi connectivity index (χ2v) is 6.53. The Balaban J connectivity index is 2.66. The summed E-state index contributed by atoms with van der Waals surface area (Å²) in [5.74, 6) is -1.52. The predicted octanol–water partition coefficient (Wildman–Crippen LogP) is 0.975. The van der Waals surface area contributed by atoms with Crippen molar-refractivity contribution in [2.75, 3.05) is 7.11 Å². The summed E-state index contributed by atoms with van der Waals surface area (Å²) >= 11 is 5.84. The lowest BCUT2D eigenvalue weighted by Gasteiger charge is -2.33. The molecule has 20 heavy (non-hydrogen) atoms. The highest BCUT2D eigenvalue weighted by Crippen LogP contribution is 2.32. The largest absolute Gasteiger partial charge is 0.467 e. The highest BCUT2D eigenvalue weighted by Gasteiger charge is 2.44. The van der Waals surface area contributed by atoms with Gasteiger partial charge in [-0.1, -0.05) is 11.6 Å². The van der Waals surface area contributed by atoms with Crippen molar-refractivity contribution in [3.05, 3.63) is 28.8 Å². The summed E-state index contributed by atoms with van der Waals surface area (Å²) < 4.78 is 30.0. The minimum absolute atomic E-state index is 0.0164. The van der Waals surface area contributed by atoms with Crippen LogP contribution in [0.25, 0.3) is 0 Å². The summed E-state index contributed by atoms with van der Waals surface area (Å²) in [6.45, 7) is 1.09. The Hall–Kier alpha value is -1.60. The molecule has 1 atom stereocenters. The van der Waals surface area contributed by atoms with Crippen LogP contribution in [0.5, 0.6) is 0 Å². The number of halogens is 1. The van der Waals surface area contributed by atoms with E-state index in [1.807, 2.05) is 0 Å². The zero-order valence-electron chi connectivity index (χ0n) is 10.8. The summed E-state index contributed by atoms with van der Waals surface area (Å²) in [7, 11) is -2.94. The van der Waals surface area contributed by atoms with Gasteiger partial charge in [-0.2, -0.15) is 0 Å². The Bertz CT molecular complexity index is 685. The van der Waals surface area contributed by atoms with E-state index in [-0.39, 0.29) is 11.3 Å². The Kier molecular flexibility index (Phi) is 3.75. The van der Waals surface area contributed by atoms with Crippen LogP contribution < -0.4 is 0 Å². The van der Waals surface area contributed by atoms with E-state index in [0.29, 0.717) is 14.9 Å². The SMILES string of the molecule is COC(=O)C1Cc2cc(Cl)ccc2S(=O)(=O)N1C(C)=O. The van der Waals surface area contributed by atoms with Crippen LogP contribution in [0.1, 0.15) is 12.5 Å². The van der Waals surface area contributed by atoms with Gasteiger partial charge in [0.25, 0.3) is 10.0 Å². The van der Waals surface area contributed by atoms with Gasteiger partial charge in [-0.15, -0.1) is 0 Å². The number of hydrogen-bond donors (Lipinski definition) is 0. The topological polar surface area (TPSA) is 80.8 Å². The second kappa shape index (κ2) is 5.06. The number of methoxy groups -OCH3 is 1. The van der Waals surface area contributed by atoms with E-state index in [2.05, 4.69) is 4.74 Å². The Morgan fingerprint density at radius 3 is 2.60 bits per heavy atom. The molecule has 108 valence electrons. The zero-order chi connectivity index (χ0) is 15.1. The molecular weight excluding hydrogens is 306 g/mol. The fraction of sp³-hybridized carbons (Fsp3) is 0.333. The monoisotopic (exact) mass is 317 g/mol. The maximum Gasteiger partial charge on any atom is 0.330 e. The number of ether oxygens (including phenoxy) is 1. The van der Waals surface area contributed by atoms with E-state index >= 15 is 0 Å². The maximum atomic E-state index is 12.4. The lowest BCUT2D eigenvalue weighted by atomic mass is 10.1. The van der Waals surface area contributed by atoms with Gasteiger partial charge in [0.2, 0.25) is 5.91 Å². The summed E-state index contributed by atoms with van der Waals surface area (Å²) in [5, 5.41) is 0.360. The lowest BCUT2D eigenvalue weighted by molar-refractivity contribution is -0.148. The number of carbonyl (C=O) groups excluding carboxylic acids is 2. The number of carbonyl (C=O) groups is 2. The number of nitrogens with zero attached hydrogens (tertiary/aromatic N) is 1. The van der Waals surface area contributed by atoms with Gasteiger partial charge in [-0.3, -0.25) is 4.79 Å². The molecule has 1 aromatic rings. The van der Waals surface area contributed by atoms with Gasteiger partial charge >= 0.3 is 5.97 Å². The summed E-state index contributed by atoms with van der Waals surface area (Å²) in [6, 6.07) is 3.03. The second-order valence-electron chi connectivity index (χ2n) is 4.32. The van der Waals surface area contributed by atoms with E-state index in [9.17, 15) is 18.0 Å². The summed E-state index contributed by atoms with van der Waals surface area (Å²) in [4.78, 5) is 23.4. The van der Waals surface area contributed by atoms with Crippen LogP contribution in [0.3, 0.4) is 0 Å². The Morgan fingerprint density at radius 1 is 1.40 bits per heavy atom. The van der Waals surface area contributed by atoms with Crippen molar-refractivity contribution in [3.8, 4) is 0 Å². The maximum absolute atomic E-state index is 12.4. The fourth-order valence-corrected chi connectivity index (χ4v) is 4.18. The van der Waals surface area contributed by atoms with Crippen LogP contribution in [-0.4, -0.2) is 37.8 Å². The van der Waals surface area contributed by atoms with Crippen LogP contribution >= 0.6 is 11.6 Å². The average molecular weight is 318 g/mol. The van der Waals surface area contributed by atoms with Gasteiger partial charge in [0.1, 0.15) is 6.04 Å². The quantitative estimate of drug-likeness (QED) is 0.721. The smallest absolute Gasteiger partial charge is 0.330 e. The van der Waals surface area contributed by atoms with Gasteiger partial charge in [0.15, 0.2) is 0 Å². The van der Waals surface area contributed by atoms with E-state index < -0.39 is 27.9 Å². The molecule has 8 heteroatoms. The molecule has 0 aliphatic carbocycles. The van der Waals surface area contributed by atoms with Crippen LogP contribution in [0.4, 0.5) is 0 Å². The molecule has 0 aromatic heterocycles. The van der Waals surface area contributed by atoms with Crippen molar-refractivity contribution in [2.24, 2.45) is 0 Å². The molecule has 0 bridgehead atoms. The number of esters is 1. The number of benzene rings is 1. The first-order valence-corrected chi connectivity index (χ1v) is 7.52. The summed E-state index contributed by atoms with van der Waals surface area (Å²) in [6.07, 6.45) is 0.0430. The third-order valence-corrected chi connectivity index (χ3v) is 5.26. The van der Waals surface area contributed by atoms with Crippen molar-refractivity contribution < 1.29 is 22.7 Å². The predicted molar refractivity (Wildman–Crippen MR) is 70.7 cm³/mol. The number of hydrogen-bond acceptors (Lipinski definition) is 5. The van der Waals surface area contributed by atoms with Gasteiger partial charge < -0.3 is 4.74 Å². The van der Waals surface area contributed by atoms with Crippen LogP contribution in [0.15, 0.2) is 23.1 Å². The molecule has 0 saturated carbocycles. The van der Waals surface area contributed by atoms with Crippen molar-refractivity contribution in [1.29, 1.82) is 0 Å². The molecular formula is C12H12ClNO5S. The number of fused-ring (bicyclic) bond motifs is 1. The minimum Gasteiger partial charge on any atom is -0.467 e. The van der Waals surface area contributed by atoms with Gasteiger partial charge in [-0.25, -0.2) is 17.5 Å². The van der Waals surface area contributed by atoms with E-state index in [1.54, 1.807) is 0 Å². The fourth-order valence-electron chi connectivity index (χ4n) is 2.23. The molecule has 2 rings (SSSR count). The van der Waals surface area contributed by atoms with E-state index in [0.717, 1.165) is 14.0 Å². The third-order valence-electron chi connectivity index (χ3n) is 3.04. The van der Waals surface area contributed by atoms with E-state index in [4.69, 9.17) is 11.6 Å². The standard InChI is InChI=1S/C12H12ClNO5S/c1-7(15)14-10(12(16)19-2)6-8-5-9(13)3-4-11(8)20(14,17)18/h3-5,10H,6H2,1-2H3. The molecule has 1 unspecified atom stereocenters. The molecule has 0 saturated heterocycles. The van der Waals surface area contributed by atoms with Crippen LogP contribution in [0.2, 0.25) is 5.02 Å². The molecule has 1 amide bonds. The normalized spacial score (nSPS) is 20.1. The third kappa shape index (κ3) is 2.27. The van der Waals surface area contributed by atoms with E-state index in [1.165, 1.54) is 18.2 Å². The first-order chi connectivity index (χ1) is 9.28. The first kappa shape index (κ1) is 14.8. The molecule has 1 heterocycles.